The quantitative estimate of drug-likeness (QED) is 0.252. The molecule has 0 aliphatic rings. The van der Waals surface area contributed by atoms with E-state index in [0.717, 1.165) is 28.6 Å². The van der Waals surface area contributed by atoms with E-state index in [9.17, 15) is 4.79 Å². The SMILES string of the molecule is CCOc1ccc(NC(=O)CSc2nnc(CNc3ccc(OC)cc3)n2-c2ccc(OC)cc2)cc1. The third kappa shape index (κ3) is 6.95. The molecule has 10 heteroatoms. The summed E-state index contributed by atoms with van der Waals surface area (Å²) in [5.74, 6) is 3.03. The van der Waals surface area contributed by atoms with E-state index in [4.69, 9.17) is 14.2 Å². The summed E-state index contributed by atoms with van der Waals surface area (Å²) >= 11 is 1.31. The molecule has 1 aromatic heterocycles. The largest absolute Gasteiger partial charge is 0.497 e. The number of ether oxygens (including phenoxy) is 3. The molecule has 0 bridgehead atoms. The molecule has 0 fully saturated rings. The molecule has 37 heavy (non-hydrogen) atoms. The lowest BCUT2D eigenvalue weighted by Gasteiger charge is -2.12. The van der Waals surface area contributed by atoms with Crippen molar-refractivity contribution in [2.75, 3.05) is 37.2 Å². The molecule has 2 N–H and O–H groups in total. The Bertz CT molecular complexity index is 1290. The fraction of sp³-hybridized carbons (Fsp3) is 0.222. The van der Waals surface area contributed by atoms with Crippen LogP contribution in [0.5, 0.6) is 17.2 Å². The number of nitrogens with zero attached hydrogens (tertiary/aromatic N) is 3. The maximum Gasteiger partial charge on any atom is 0.234 e. The molecular formula is C27H29N5O4S. The number of hydrogen-bond donors (Lipinski definition) is 2. The molecule has 3 aromatic carbocycles. The van der Waals surface area contributed by atoms with Gasteiger partial charge in [-0.25, -0.2) is 0 Å². The summed E-state index contributed by atoms with van der Waals surface area (Å²) < 4.78 is 17.9. The van der Waals surface area contributed by atoms with Gasteiger partial charge in [-0.3, -0.25) is 9.36 Å². The third-order valence-corrected chi connectivity index (χ3v) is 6.28. The van der Waals surface area contributed by atoms with Gasteiger partial charge in [0.2, 0.25) is 5.91 Å². The average Bonchev–Trinajstić information content (AvgIpc) is 3.35. The van der Waals surface area contributed by atoms with Crippen LogP contribution in [0.2, 0.25) is 0 Å². The van der Waals surface area contributed by atoms with Crippen LogP contribution in [0.4, 0.5) is 11.4 Å². The Morgan fingerprint density at radius 2 is 1.43 bits per heavy atom. The van der Waals surface area contributed by atoms with Gasteiger partial charge >= 0.3 is 0 Å². The van der Waals surface area contributed by atoms with Crippen molar-refractivity contribution in [2.24, 2.45) is 0 Å². The molecule has 4 aromatic rings. The Morgan fingerprint density at radius 1 is 0.838 bits per heavy atom. The molecule has 9 nitrogen and oxygen atoms in total. The maximum absolute atomic E-state index is 12.6. The molecule has 1 heterocycles. The minimum atomic E-state index is -0.142. The van der Waals surface area contributed by atoms with E-state index in [0.29, 0.717) is 29.8 Å². The van der Waals surface area contributed by atoms with E-state index >= 15 is 0 Å². The first-order valence-corrected chi connectivity index (χ1v) is 12.7. The maximum atomic E-state index is 12.6. The number of rotatable bonds is 12. The van der Waals surface area contributed by atoms with Crippen molar-refractivity contribution in [3.05, 3.63) is 78.6 Å². The van der Waals surface area contributed by atoms with Gasteiger partial charge in [0.25, 0.3) is 0 Å². The highest BCUT2D eigenvalue weighted by Crippen LogP contribution is 2.25. The van der Waals surface area contributed by atoms with Gasteiger partial charge < -0.3 is 24.8 Å². The summed E-state index contributed by atoms with van der Waals surface area (Å²) in [7, 11) is 3.26. The smallest absolute Gasteiger partial charge is 0.234 e. The van der Waals surface area contributed by atoms with Gasteiger partial charge in [0, 0.05) is 17.1 Å². The van der Waals surface area contributed by atoms with Crippen LogP contribution in [0.1, 0.15) is 12.7 Å². The second-order valence-corrected chi connectivity index (χ2v) is 8.75. The van der Waals surface area contributed by atoms with Crippen LogP contribution in [0.15, 0.2) is 78.0 Å². The summed E-state index contributed by atoms with van der Waals surface area (Å²) in [6.45, 7) is 2.96. The molecule has 0 spiro atoms. The third-order valence-electron chi connectivity index (χ3n) is 5.35. The monoisotopic (exact) mass is 519 g/mol. The molecule has 0 saturated carbocycles. The zero-order chi connectivity index (χ0) is 26.0. The lowest BCUT2D eigenvalue weighted by molar-refractivity contribution is -0.113. The number of thioether (sulfide) groups is 1. The van der Waals surface area contributed by atoms with Crippen molar-refractivity contribution in [1.29, 1.82) is 0 Å². The van der Waals surface area contributed by atoms with E-state index in [2.05, 4.69) is 20.8 Å². The zero-order valence-electron chi connectivity index (χ0n) is 20.9. The number of benzene rings is 3. The van der Waals surface area contributed by atoms with E-state index < -0.39 is 0 Å². The van der Waals surface area contributed by atoms with Gasteiger partial charge in [-0.2, -0.15) is 0 Å². The van der Waals surface area contributed by atoms with Crippen molar-refractivity contribution in [3.63, 3.8) is 0 Å². The Hall–Kier alpha value is -4.18. The van der Waals surface area contributed by atoms with Crippen LogP contribution < -0.4 is 24.8 Å². The van der Waals surface area contributed by atoms with E-state index in [1.54, 1.807) is 14.2 Å². The second-order valence-electron chi connectivity index (χ2n) is 7.81. The number of nitrogens with one attached hydrogen (secondary N) is 2. The minimum absolute atomic E-state index is 0.142. The first kappa shape index (κ1) is 25.9. The highest BCUT2D eigenvalue weighted by atomic mass is 32.2. The molecule has 0 aliphatic carbocycles. The van der Waals surface area contributed by atoms with Crippen LogP contribution in [-0.4, -0.2) is 47.3 Å². The molecule has 0 radical (unpaired) electrons. The Balaban J connectivity index is 1.47. The van der Waals surface area contributed by atoms with Gasteiger partial charge in [0.05, 0.1) is 33.1 Å². The van der Waals surface area contributed by atoms with Crippen LogP contribution in [-0.2, 0) is 11.3 Å². The van der Waals surface area contributed by atoms with Crippen LogP contribution >= 0.6 is 11.8 Å². The van der Waals surface area contributed by atoms with Crippen LogP contribution in [0, 0.1) is 0 Å². The van der Waals surface area contributed by atoms with E-state index in [-0.39, 0.29) is 11.7 Å². The average molecular weight is 520 g/mol. The van der Waals surface area contributed by atoms with Gasteiger partial charge in [-0.15, -0.1) is 10.2 Å². The van der Waals surface area contributed by atoms with Crippen molar-refractivity contribution in [3.8, 4) is 22.9 Å². The van der Waals surface area contributed by atoms with E-state index in [1.807, 2.05) is 84.3 Å². The molecular weight excluding hydrogens is 490 g/mol. The lowest BCUT2D eigenvalue weighted by atomic mass is 10.3. The molecule has 0 unspecified atom stereocenters. The number of anilines is 2. The molecule has 4 rings (SSSR count). The predicted molar refractivity (Wildman–Crippen MR) is 145 cm³/mol. The number of hydrogen-bond acceptors (Lipinski definition) is 8. The Morgan fingerprint density at radius 3 is 2.05 bits per heavy atom. The van der Waals surface area contributed by atoms with Gasteiger partial charge in [0.15, 0.2) is 11.0 Å². The van der Waals surface area contributed by atoms with Crippen LogP contribution in [0.25, 0.3) is 5.69 Å². The highest BCUT2D eigenvalue weighted by molar-refractivity contribution is 7.99. The van der Waals surface area contributed by atoms with Crippen LogP contribution in [0.3, 0.4) is 0 Å². The summed E-state index contributed by atoms with van der Waals surface area (Å²) in [6, 6.07) is 22.6. The van der Waals surface area contributed by atoms with Crippen molar-refractivity contribution in [1.82, 2.24) is 14.8 Å². The number of aromatic nitrogens is 3. The first-order chi connectivity index (χ1) is 18.1. The number of methoxy groups -OCH3 is 2. The molecule has 192 valence electrons. The summed E-state index contributed by atoms with van der Waals surface area (Å²) in [4.78, 5) is 12.6. The van der Waals surface area contributed by atoms with Gasteiger partial charge in [-0.1, -0.05) is 11.8 Å². The van der Waals surface area contributed by atoms with Crippen molar-refractivity contribution in [2.45, 2.75) is 18.6 Å². The second kappa shape index (κ2) is 12.7. The molecule has 1 amide bonds. The summed E-state index contributed by atoms with van der Waals surface area (Å²) in [5, 5.41) is 15.7. The van der Waals surface area contributed by atoms with E-state index in [1.165, 1.54) is 11.8 Å². The number of carbonyl (C=O) groups is 1. The molecule has 0 saturated heterocycles. The standard InChI is InChI=1S/C27H29N5O4S/c1-4-36-24-13-7-20(8-14-24)29-26(33)18-37-27-31-30-25(17-28-19-5-11-22(34-2)12-6-19)32(27)21-9-15-23(35-3)16-10-21/h5-16,28H,4,17-18H2,1-3H3,(H,29,33). The van der Waals surface area contributed by atoms with Crippen molar-refractivity contribution < 1.29 is 19.0 Å². The summed E-state index contributed by atoms with van der Waals surface area (Å²) in [6.07, 6.45) is 0. The fourth-order valence-electron chi connectivity index (χ4n) is 3.52. The molecule has 0 aliphatic heterocycles. The topological polar surface area (TPSA) is 99.5 Å². The molecule has 0 atom stereocenters. The zero-order valence-corrected chi connectivity index (χ0v) is 21.7. The van der Waals surface area contributed by atoms with Crippen molar-refractivity contribution >= 4 is 29.0 Å². The number of amides is 1. The minimum Gasteiger partial charge on any atom is -0.497 e. The summed E-state index contributed by atoms with van der Waals surface area (Å²) in [5.41, 5.74) is 2.50. The lowest BCUT2D eigenvalue weighted by Crippen LogP contribution is -2.15. The Labute approximate surface area is 220 Å². The fourth-order valence-corrected chi connectivity index (χ4v) is 4.29. The number of carbonyl (C=O) groups excluding carboxylic acids is 1. The van der Waals surface area contributed by atoms with Gasteiger partial charge in [0.1, 0.15) is 17.2 Å². The Kier molecular flexibility index (Phi) is 8.88. The van der Waals surface area contributed by atoms with Gasteiger partial charge in [-0.05, 0) is 79.7 Å². The first-order valence-electron chi connectivity index (χ1n) is 11.7. The highest BCUT2D eigenvalue weighted by Gasteiger charge is 2.16. The normalized spacial score (nSPS) is 10.6. The predicted octanol–water partition coefficient (Wildman–Crippen LogP) is 5.03.